The summed E-state index contributed by atoms with van der Waals surface area (Å²) in [6.45, 7) is 0.786. The molecule has 1 aliphatic rings. The van der Waals surface area contributed by atoms with Gasteiger partial charge in [0.2, 0.25) is 0 Å². The van der Waals surface area contributed by atoms with Crippen LogP contribution in [-0.2, 0) is 9.47 Å². The molecule has 0 amide bonds. The molecule has 0 radical (unpaired) electrons. The number of nitrogens with two attached hydrogens (primary N) is 1. The predicted molar refractivity (Wildman–Crippen MR) is 64.8 cm³/mol. The second-order valence-corrected chi connectivity index (χ2v) is 4.50. The first-order valence-corrected chi connectivity index (χ1v) is 6.19. The van der Waals surface area contributed by atoms with Gasteiger partial charge < -0.3 is 15.2 Å². The number of unbranched alkanes of at least 4 members (excludes halogenated alkanes) is 1. The molecular weight excluding hydrogens is 204 g/mol. The molecule has 0 aromatic carbocycles. The lowest BCUT2D eigenvalue weighted by molar-refractivity contribution is -0.0301. The lowest BCUT2D eigenvalue weighted by atomic mass is 9.95. The zero-order chi connectivity index (χ0) is 11.8. The van der Waals surface area contributed by atoms with Gasteiger partial charge >= 0.3 is 0 Å². The van der Waals surface area contributed by atoms with E-state index in [1.165, 1.54) is 12.8 Å². The molecule has 0 aliphatic heterocycles. The Hall–Kier alpha value is -0.610. The SMILES string of the molecule is COC1CCCC(OCCCCC(=N)N)C1. The molecule has 4 nitrogen and oxygen atoms in total. The molecule has 94 valence electrons. The lowest BCUT2D eigenvalue weighted by Crippen LogP contribution is -2.27. The first-order valence-electron chi connectivity index (χ1n) is 6.19. The summed E-state index contributed by atoms with van der Waals surface area (Å²) in [5.41, 5.74) is 5.28. The second kappa shape index (κ2) is 7.63. The summed E-state index contributed by atoms with van der Waals surface area (Å²) in [4.78, 5) is 0. The van der Waals surface area contributed by atoms with Crippen LogP contribution in [0.3, 0.4) is 0 Å². The van der Waals surface area contributed by atoms with Crippen molar-refractivity contribution in [3.8, 4) is 0 Å². The van der Waals surface area contributed by atoms with Crippen LogP contribution in [0, 0.1) is 5.41 Å². The molecule has 0 aromatic heterocycles. The van der Waals surface area contributed by atoms with Crippen LogP contribution >= 0.6 is 0 Å². The monoisotopic (exact) mass is 228 g/mol. The average Bonchev–Trinajstić information content (AvgIpc) is 2.28. The predicted octanol–water partition coefficient (Wildman–Crippen LogP) is 2.07. The maximum absolute atomic E-state index is 7.10. The molecule has 0 bridgehead atoms. The van der Waals surface area contributed by atoms with Crippen LogP contribution in [0.2, 0.25) is 0 Å². The lowest BCUT2D eigenvalue weighted by Gasteiger charge is -2.28. The zero-order valence-corrected chi connectivity index (χ0v) is 10.2. The maximum atomic E-state index is 7.10. The Morgan fingerprint density at radius 1 is 1.31 bits per heavy atom. The van der Waals surface area contributed by atoms with Crippen LogP contribution in [0.25, 0.3) is 0 Å². The summed E-state index contributed by atoms with van der Waals surface area (Å²) in [6, 6.07) is 0. The fraction of sp³-hybridized carbons (Fsp3) is 0.917. The molecule has 2 unspecified atom stereocenters. The van der Waals surface area contributed by atoms with Gasteiger partial charge in [-0.3, -0.25) is 5.41 Å². The Bertz CT molecular complexity index is 209. The molecule has 2 atom stereocenters. The molecule has 0 heterocycles. The summed E-state index contributed by atoms with van der Waals surface area (Å²) < 4.78 is 11.2. The fourth-order valence-electron chi connectivity index (χ4n) is 2.14. The van der Waals surface area contributed by atoms with Crippen molar-refractivity contribution < 1.29 is 9.47 Å². The Morgan fingerprint density at radius 3 is 2.75 bits per heavy atom. The largest absolute Gasteiger partial charge is 0.388 e. The molecule has 1 fully saturated rings. The van der Waals surface area contributed by atoms with Crippen molar-refractivity contribution in [3.05, 3.63) is 0 Å². The van der Waals surface area contributed by atoms with Crippen molar-refractivity contribution >= 4 is 5.84 Å². The van der Waals surface area contributed by atoms with E-state index in [9.17, 15) is 0 Å². The van der Waals surface area contributed by atoms with Gasteiger partial charge in [0.1, 0.15) is 0 Å². The fourth-order valence-corrected chi connectivity index (χ4v) is 2.14. The van der Waals surface area contributed by atoms with Crippen molar-refractivity contribution in [1.29, 1.82) is 5.41 Å². The number of rotatable bonds is 7. The number of ether oxygens (including phenoxy) is 2. The number of methoxy groups -OCH3 is 1. The molecular formula is C12H24N2O2. The van der Waals surface area contributed by atoms with Crippen molar-refractivity contribution in [2.24, 2.45) is 5.73 Å². The van der Waals surface area contributed by atoms with Crippen molar-refractivity contribution in [2.45, 2.75) is 57.2 Å². The Morgan fingerprint density at radius 2 is 2.06 bits per heavy atom. The third-order valence-corrected chi connectivity index (χ3v) is 3.11. The van der Waals surface area contributed by atoms with Crippen LogP contribution in [0.5, 0.6) is 0 Å². The minimum absolute atomic E-state index is 0.275. The second-order valence-electron chi connectivity index (χ2n) is 4.50. The van der Waals surface area contributed by atoms with E-state index in [0.29, 0.717) is 18.6 Å². The first kappa shape index (κ1) is 13.5. The summed E-state index contributed by atoms with van der Waals surface area (Å²) >= 11 is 0. The Balaban J connectivity index is 2.01. The highest BCUT2D eigenvalue weighted by Gasteiger charge is 2.21. The molecule has 1 saturated carbocycles. The van der Waals surface area contributed by atoms with Gasteiger partial charge in [0.05, 0.1) is 18.0 Å². The highest BCUT2D eigenvalue weighted by molar-refractivity contribution is 5.76. The number of hydrogen-bond acceptors (Lipinski definition) is 3. The van der Waals surface area contributed by atoms with E-state index in [-0.39, 0.29) is 5.84 Å². The number of hydrogen-bond donors (Lipinski definition) is 2. The van der Waals surface area contributed by atoms with Gasteiger partial charge in [-0.2, -0.15) is 0 Å². The van der Waals surface area contributed by atoms with Gasteiger partial charge in [-0.1, -0.05) is 0 Å². The van der Waals surface area contributed by atoms with Crippen LogP contribution in [0.1, 0.15) is 44.9 Å². The molecule has 0 aromatic rings. The summed E-state index contributed by atoms with van der Waals surface area (Å²) in [5, 5.41) is 7.10. The minimum Gasteiger partial charge on any atom is -0.388 e. The van der Waals surface area contributed by atoms with E-state index in [2.05, 4.69) is 0 Å². The standard InChI is InChI=1S/C12H24N2O2/c1-15-10-5-4-6-11(9-10)16-8-3-2-7-12(13)14/h10-11H,2-9H2,1H3,(H3,13,14). The maximum Gasteiger partial charge on any atom is 0.0905 e. The molecule has 1 rings (SSSR count). The van der Waals surface area contributed by atoms with Crippen molar-refractivity contribution in [1.82, 2.24) is 0 Å². The van der Waals surface area contributed by atoms with Crippen LogP contribution < -0.4 is 5.73 Å². The minimum atomic E-state index is 0.275. The van der Waals surface area contributed by atoms with Gasteiger partial charge in [-0.05, 0) is 38.5 Å². The van der Waals surface area contributed by atoms with E-state index in [0.717, 1.165) is 32.3 Å². The third kappa shape index (κ3) is 5.47. The van der Waals surface area contributed by atoms with E-state index in [4.69, 9.17) is 20.6 Å². The van der Waals surface area contributed by atoms with E-state index in [1.54, 1.807) is 7.11 Å². The highest BCUT2D eigenvalue weighted by Crippen LogP contribution is 2.23. The Labute approximate surface area is 98.0 Å². The first-order chi connectivity index (χ1) is 7.72. The number of nitrogens with one attached hydrogen (secondary N) is 1. The molecule has 4 heteroatoms. The zero-order valence-electron chi connectivity index (χ0n) is 10.2. The van der Waals surface area contributed by atoms with E-state index in [1.807, 2.05) is 0 Å². The molecule has 3 N–H and O–H groups in total. The normalized spacial score (nSPS) is 25.6. The van der Waals surface area contributed by atoms with Gasteiger partial charge in [0.25, 0.3) is 0 Å². The molecule has 16 heavy (non-hydrogen) atoms. The van der Waals surface area contributed by atoms with Crippen LogP contribution in [0.4, 0.5) is 0 Å². The summed E-state index contributed by atoms with van der Waals surface area (Å²) in [6.07, 6.45) is 7.96. The summed E-state index contributed by atoms with van der Waals surface area (Å²) in [7, 11) is 1.78. The van der Waals surface area contributed by atoms with E-state index >= 15 is 0 Å². The van der Waals surface area contributed by atoms with Crippen LogP contribution in [0.15, 0.2) is 0 Å². The van der Waals surface area contributed by atoms with Gasteiger partial charge in [0.15, 0.2) is 0 Å². The Kier molecular flexibility index (Phi) is 6.42. The highest BCUT2D eigenvalue weighted by atomic mass is 16.5. The molecule has 0 spiro atoms. The van der Waals surface area contributed by atoms with Gasteiger partial charge in [-0.15, -0.1) is 0 Å². The van der Waals surface area contributed by atoms with Crippen molar-refractivity contribution in [2.75, 3.05) is 13.7 Å². The average molecular weight is 228 g/mol. The number of amidine groups is 1. The molecule has 1 aliphatic carbocycles. The van der Waals surface area contributed by atoms with Gasteiger partial charge in [-0.25, -0.2) is 0 Å². The van der Waals surface area contributed by atoms with Crippen LogP contribution in [-0.4, -0.2) is 31.8 Å². The third-order valence-electron chi connectivity index (χ3n) is 3.11. The smallest absolute Gasteiger partial charge is 0.0905 e. The van der Waals surface area contributed by atoms with Gasteiger partial charge in [0, 0.05) is 20.1 Å². The topological polar surface area (TPSA) is 68.3 Å². The van der Waals surface area contributed by atoms with E-state index < -0.39 is 0 Å². The van der Waals surface area contributed by atoms with Crippen molar-refractivity contribution in [3.63, 3.8) is 0 Å². The quantitative estimate of drug-likeness (QED) is 0.398. The summed E-state index contributed by atoms with van der Waals surface area (Å²) in [5.74, 6) is 0.275. The molecule has 0 saturated heterocycles.